The molecule has 2 heterocycles. The smallest absolute Gasteiger partial charge is 0.0940 e. The summed E-state index contributed by atoms with van der Waals surface area (Å²) in [6.07, 6.45) is 5.25. The number of nitrogens with one attached hydrogen (secondary N) is 1. The van der Waals surface area contributed by atoms with Crippen molar-refractivity contribution in [3.8, 4) is 0 Å². The Morgan fingerprint density at radius 2 is 2.62 bits per heavy atom. The summed E-state index contributed by atoms with van der Waals surface area (Å²) < 4.78 is 5.70. The summed E-state index contributed by atoms with van der Waals surface area (Å²) in [5.74, 6) is 6.17. The number of hydrazine groups is 1. The second-order valence-electron chi connectivity index (χ2n) is 4.17. The van der Waals surface area contributed by atoms with E-state index >= 15 is 0 Å². The van der Waals surface area contributed by atoms with E-state index in [1.807, 2.05) is 11.6 Å². The number of hydrogen-bond acceptors (Lipinski definition) is 5. The van der Waals surface area contributed by atoms with Crippen LogP contribution in [0.15, 0.2) is 11.6 Å². The number of nitrogens with two attached hydrogens (primary N) is 1. The van der Waals surface area contributed by atoms with Crippen LogP contribution in [-0.4, -0.2) is 23.7 Å². The monoisotopic (exact) mass is 241 g/mol. The molecule has 1 aliphatic heterocycles. The Kier molecular flexibility index (Phi) is 4.29. The minimum absolute atomic E-state index is 0.276. The summed E-state index contributed by atoms with van der Waals surface area (Å²) in [4.78, 5) is 4.31. The highest BCUT2D eigenvalue weighted by Gasteiger charge is 2.33. The van der Waals surface area contributed by atoms with Crippen molar-refractivity contribution in [3.63, 3.8) is 0 Å². The highest BCUT2D eigenvalue weighted by molar-refractivity contribution is 7.09. The number of rotatable bonds is 5. The molecular formula is C11H19N3OS. The maximum absolute atomic E-state index is 5.70. The molecule has 0 spiro atoms. The first-order valence-corrected chi connectivity index (χ1v) is 6.69. The number of hydrogen-bond donors (Lipinski definition) is 2. The van der Waals surface area contributed by atoms with Crippen molar-refractivity contribution in [1.82, 2.24) is 10.4 Å². The van der Waals surface area contributed by atoms with Crippen LogP contribution >= 0.6 is 11.3 Å². The quantitative estimate of drug-likeness (QED) is 0.603. The second kappa shape index (κ2) is 5.72. The molecule has 2 rings (SSSR count). The number of aromatic nitrogens is 1. The van der Waals surface area contributed by atoms with Crippen LogP contribution in [0.5, 0.6) is 0 Å². The molecule has 3 atom stereocenters. The minimum Gasteiger partial charge on any atom is -0.378 e. The lowest BCUT2D eigenvalue weighted by Gasteiger charge is -2.25. The Labute approximate surface area is 100 Å². The molecule has 3 N–H and O–H groups in total. The summed E-state index contributed by atoms with van der Waals surface area (Å²) in [5.41, 5.74) is 2.93. The van der Waals surface area contributed by atoms with Crippen molar-refractivity contribution < 1.29 is 4.74 Å². The largest absolute Gasteiger partial charge is 0.378 e. The van der Waals surface area contributed by atoms with Crippen LogP contribution in [0.4, 0.5) is 0 Å². The topological polar surface area (TPSA) is 60.2 Å². The van der Waals surface area contributed by atoms with E-state index in [9.17, 15) is 0 Å². The van der Waals surface area contributed by atoms with Gasteiger partial charge in [0.1, 0.15) is 0 Å². The molecule has 0 aromatic carbocycles. The molecule has 0 bridgehead atoms. The number of thiazole rings is 1. The van der Waals surface area contributed by atoms with Gasteiger partial charge in [-0.25, -0.2) is 4.98 Å². The molecule has 1 aliphatic rings. The van der Waals surface area contributed by atoms with Crippen LogP contribution in [0, 0.1) is 5.92 Å². The van der Waals surface area contributed by atoms with Crippen LogP contribution in [-0.2, 0) is 11.2 Å². The first-order valence-electron chi connectivity index (χ1n) is 5.81. The lowest BCUT2D eigenvalue weighted by molar-refractivity contribution is 0.0774. The minimum atomic E-state index is 0.276. The maximum atomic E-state index is 5.70. The Balaban J connectivity index is 1.98. The van der Waals surface area contributed by atoms with Gasteiger partial charge in [0.2, 0.25) is 0 Å². The molecule has 0 radical (unpaired) electrons. The molecule has 0 amide bonds. The molecule has 1 saturated heterocycles. The zero-order valence-corrected chi connectivity index (χ0v) is 10.4. The van der Waals surface area contributed by atoms with E-state index < -0.39 is 0 Å². The van der Waals surface area contributed by atoms with Gasteiger partial charge >= 0.3 is 0 Å². The summed E-state index contributed by atoms with van der Waals surface area (Å²) in [7, 11) is 0. The van der Waals surface area contributed by atoms with Crippen molar-refractivity contribution in [2.75, 3.05) is 6.61 Å². The van der Waals surface area contributed by atoms with Gasteiger partial charge in [-0.3, -0.25) is 11.3 Å². The van der Waals surface area contributed by atoms with Gasteiger partial charge in [0.15, 0.2) is 0 Å². The summed E-state index contributed by atoms with van der Waals surface area (Å²) in [5, 5.41) is 3.15. The molecule has 0 aliphatic carbocycles. The molecule has 0 saturated carbocycles. The van der Waals surface area contributed by atoms with Crippen molar-refractivity contribution in [2.24, 2.45) is 11.8 Å². The van der Waals surface area contributed by atoms with Gasteiger partial charge in [-0.2, -0.15) is 0 Å². The van der Waals surface area contributed by atoms with Crippen molar-refractivity contribution in [3.05, 3.63) is 16.6 Å². The third-order valence-electron chi connectivity index (χ3n) is 3.27. The molecule has 3 unspecified atom stereocenters. The van der Waals surface area contributed by atoms with Crippen LogP contribution in [0.1, 0.15) is 24.8 Å². The van der Waals surface area contributed by atoms with Crippen LogP contribution < -0.4 is 11.3 Å². The Morgan fingerprint density at radius 3 is 3.25 bits per heavy atom. The fourth-order valence-corrected chi connectivity index (χ4v) is 3.10. The van der Waals surface area contributed by atoms with Gasteiger partial charge in [0.05, 0.1) is 11.1 Å². The average molecular weight is 241 g/mol. The van der Waals surface area contributed by atoms with Crippen molar-refractivity contribution >= 4 is 11.3 Å². The van der Waals surface area contributed by atoms with Gasteiger partial charge < -0.3 is 4.74 Å². The molecule has 1 aromatic rings. The van der Waals surface area contributed by atoms with Gasteiger partial charge in [0.25, 0.3) is 0 Å². The van der Waals surface area contributed by atoms with E-state index in [2.05, 4.69) is 17.3 Å². The molecule has 1 fully saturated rings. The fourth-order valence-electron chi connectivity index (χ4n) is 2.42. The molecule has 4 nitrogen and oxygen atoms in total. The van der Waals surface area contributed by atoms with Gasteiger partial charge in [-0.15, -0.1) is 11.3 Å². The number of nitrogens with zero attached hydrogens (tertiary/aromatic N) is 1. The van der Waals surface area contributed by atoms with E-state index in [0.29, 0.717) is 12.0 Å². The average Bonchev–Trinajstić information content (AvgIpc) is 2.96. The Morgan fingerprint density at radius 1 is 1.75 bits per heavy atom. The van der Waals surface area contributed by atoms with E-state index in [1.165, 1.54) is 0 Å². The molecular weight excluding hydrogens is 222 g/mol. The first-order chi connectivity index (χ1) is 7.85. The van der Waals surface area contributed by atoms with E-state index in [0.717, 1.165) is 30.9 Å². The van der Waals surface area contributed by atoms with E-state index in [1.54, 1.807) is 11.3 Å². The standard InChI is InChI=1S/C11H19N3OS/c1-2-10-8(3-5-15-10)9(14-12)7-11-13-4-6-16-11/h4,6,8-10,14H,2-3,5,7,12H2,1H3. The first kappa shape index (κ1) is 12.0. The highest BCUT2D eigenvalue weighted by Crippen LogP contribution is 2.28. The van der Waals surface area contributed by atoms with Gasteiger partial charge in [0, 0.05) is 36.6 Å². The summed E-state index contributed by atoms with van der Waals surface area (Å²) in [6, 6.07) is 0.276. The van der Waals surface area contributed by atoms with Crippen LogP contribution in [0.2, 0.25) is 0 Å². The second-order valence-corrected chi connectivity index (χ2v) is 5.15. The van der Waals surface area contributed by atoms with Crippen molar-refractivity contribution in [1.29, 1.82) is 0 Å². The molecule has 1 aromatic heterocycles. The third kappa shape index (κ3) is 2.60. The van der Waals surface area contributed by atoms with E-state index in [-0.39, 0.29) is 6.04 Å². The molecule has 16 heavy (non-hydrogen) atoms. The van der Waals surface area contributed by atoms with Crippen molar-refractivity contribution in [2.45, 2.75) is 38.3 Å². The van der Waals surface area contributed by atoms with Crippen LogP contribution in [0.25, 0.3) is 0 Å². The predicted molar refractivity (Wildman–Crippen MR) is 65.1 cm³/mol. The van der Waals surface area contributed by atoms with Crippen LogP contribution in [0.3, 0.4) is 0 Å². The number of ether oxygens (including phenoxy) is 1. The predicted octanol–water partition coefficient (Wildman–Crippen LogP) is 1.33. The van der Waals surface area contributed by atoms with Gasteiger partial charge in [-0.05, 0) is 12.8 Å². The maximum Gasteiger partial charge on any atom is 0.0940 e. The SMILES string of the molecule is CCC1OCCC1C(Cc1nccs1)NN. The molecule has 5 heteroatoms. The molecule has 90 valence electrons. The lowest BCUT2D eigenvalue weighted by Crippen LogP contribution is -2.45. The highest BCUT2D eigenvalue weighted by atomic mass is 32.1. The summed E-state index contributed by atoms with van der Waals surface area (Å²) in [6.45, 7) is 3.03. The summed E-state index contributed by atoms with van der Waals surface area (Å²) >= 11 is 1.69. The third-order valence-corrected chi connectivity index (χ3v) is 4.07. The fraction of sp³-hybridized carbons (Fsp3) is 0.727. The Hall–Kier alpha value is -0.490. The van der Waals surface area contributed by atoms with Gasteiger partial charge in [-0.1, -0.05) is 6.92 Å². The zero-order chi connectivity index (χ0) is 11.4. The van der Waals surface area contributed by atoms with E-state index in [4.69, 9.17) is 10.6 Å². The zero-order valence-electron chi connectivity index (χ0n) is 9.56. The lowest BCUT2D eigenvalue weighted by atomic mass is 9.90. The normalized spacial score (nSPS) is 27.1. The Bertz CT molecular complexity index is 304.